The molecule has 3 aromatic heterocycles. The molecule has 3 nitrogen and oxygen atoms in total. The van der Waals surface area contributed by atoms with Gasteiger partial charge in [-0.2, -0.15) is 0 Å². The number of benzene rings is 1. The maximum Gasteiger partial charge on any atom is 0.259 e. The minimum atomic E-state index is 0.0611. The van der Waals surface area contributed by atoms with E-state index in [4.69, 9.17) is 0 Å². The number of nitrogens with zero attached hydrogens (tertiary/aromatic N) is 2. The van der Waals surface area contributed by atoms with E-state index in [9.17, 15) is 4.79 Å². The molecule has 0 amide bonds. The highest BCUT2D eigenvalue weighted by molar-refractivity contribution is 7.12. The number of rotatable bonds is 1. The molecule has 4 heteroatoms. The fraction of sp³-hybridized carbons (Fsp3) is 0.250. The van der Waals surface area contributed by atoms with E-state index in [1.807, 2.05) is 14.1 Å². The summed E-state index contributed by atoms with van der Waals surface area (Å²) in [5, 5.41) is 2.34. The van der Waals surface area contributed by atoms with Crippen LogP contribution in [0.2, 0.25) is 0 Å². The standard InChI is InChI=1S/C20H20N2OS/c1-11-6-7-18-15(8-11)16-10-17(14-9-12(2)24-13(14)3)20(23)22(5)19(16)21(18)4/h6-10H,1-5H3. The van der Waals surface area contributed by atoms with Crippen LogP contribution in [-0.2, 0) is 14.1 Å². The number of pyridine rings is 1. The average molecular weight is 336 g/mol. The summed E-state index contributed by atoms with van der Waals surface area (Å²) in [5.74, 6) is 0. The Morgan fingerprint density at radius 3 is 2.29 bits per heavy atom. The normalized spacial score (nSPS) is 11.7. The van der Waals surface area contributed by atoms with Gasteiger partial charge in [-0.15, -0.1) is 11.3 Å². The third-order valence-corrected chi connectivity index (χ3v) is 5.80. The summed E-state index contributed by atoms with van der Waals surface area (Å²) in [6, 6.07) is 10.7. The molecule has 0 aliphatic heterocycles. The lowest BCUT2D eigenvalue weighted by atomic mass is 10.0. The van der Waals surface area contributed by atoms with Gasteiger partial charge in [-0.3, -0.25) is 9.36 Å². The second kappa shape index (κ2) is 5.08. The number of hydrogen-bond donors (Lipinski definition) is 0. The highest BCUT2D eigenvalue weighted by Crippen LogP contribution is 2.33. The Hall–Kier alpha value is -2.33. The van der Waals surface area contributed by atoms with Crippen LogP contribution < -0.4 is 5.56 Å². The summed E-state index contributed by atoms with van der Waals surface area (Å²) in [4.78, 5) is 15.4. The predicted molar refractivity (Wildman–Crippen MR) is 103 cm³/mol. The molecule has 0 aliphatic carbocycles. The molecule has 0 bridgehead atoms. The molecule has 24 heavy (non-hydrogen) atoms. The summed E-state index contributed by atoms with van der Waals surface area (Å²) in [6.45, 7) is 6.28. The van der Waals surface area contributed by atoms with Gasteiger partial charge in [0, 0.05) is 45.7 Å². The molecule has 0 atom stereocenters. The van der Waals surface area contributed by atoms with Crippen molar-refractivity contribution >= 4 is 33.3 Å². The van der Waals surface area contributed by atoms with E-state index in [1.165, 1.54) is 20.7 Å². The summed E-state index contributed by atoms with van der Waals surface area (Å²) < 4.78 is 3.90. The first kappa shape index (κ1) is 15.2. The topological polar surface area (TPSA) is 26.9 Å². The Kier molecular flexibility index (Phi) is 3.22. The first-order chi connectivity index (χ1) is 11.4. The van der Waals surface area contributed by atoms with Crippen LogP contribution in [0.1, 0.15) is 15.3 Å². The fourth-order valence-electron chi connectivity index (χ4n) is 3.70. The smallest absolute Gasteiger partial charge is 0.259 e. The van der Waals surface area contributed by atoms with Crippen molar-refractivity contribution in [2.45, 2.75) is 20.8 Å². The van der Waals surface area contributed by atoms with Gasteiger partial charge in [-0.1, -0.05) is 11.6 Å². The van der Waals surface area contributed by atoms with Crippen molar-refractivity contribution in [3.05, 3.63) is 56.0 Å². The van der Waals surface area contributed by atoms with E-state index in [0.29, 0.717) is 0 Å². The van der Waals surface area contributed by atoms with Gasteiger partial charge in [0.1, 0.15) is 5.65 Å². The van der Waals surface area contributed by atoms with E-state index in [1.54, 1.807) is 15.9 Å². The number of aromatic nitrogens is 2. The molecule has 0 spiro atoms. The Labute approximate surface area is 144 Å². The molecule has 122 valence electrons. The fourth-order valence-corrected chi connectivity index (χ4v) is 4.63. The van der Waals surface area contributed by atoms with Crippen LogP contribution in [0.4, 0.5) is 0 Å². The molecule has 0 radical (unpaired) electrons. The zero-order chi connectivity index (χ0) is 17.2. The van der Waals surface area contributed by atoms with Crippen LogP contribution in [-0.4, -0.2) is 9.13 Å². The molecule has 0 fully saturated rings. The van der Waals surface area contributed by atoms with Gasteiger partial charge in [0.2, 0.25) is 0 Å². The molecule has 1 aromatic carbocycles. The monoisotopic (exact) mass is 336 g/mol. The quantitative estimate of drug-likeness (QED) is 0.495. The molecule has 0 N–H and O–H groups in total. The van der Waals surface area contributed by atoms with Gasteiger partial charge >= 0.3 is 0 Å². The molecule has 0 saturated heterocycles. The third-order valence-electron chi connectivity index (χ3n) is 4.83. The lowest BCUT2D eigenvalue weighted by Crippen LogP contribution is -2.20. The van der Waals surface area contributed by atoms with Crippen molar-refractivity contribution in [2.75, 3.05) is 0 Å². The molecule has 3 heterocycles. The highest BCUT2D eigenvalue weighted by Gasteiger charge is 2.17. The second-order valence-corrected chi connectivity index (χ2v) is 8.03. The summed E-state index contributed by atoms with van der Waals surface area (Å²) in [7, 11) is 3.90. The maximum atomic E-state index is 13.0. The van der Waals surface area contributed by atoms with Crippen molar-refractivity contribution in [3.8, 4) is 11.1 Å². The minimum absolute atomic E-state index is 0.0611. The molecular weight excluding hydrogens is 316 g/mol. The Morgan fingerprint density at radius 1 is 0.875 bits per heavy atom. The zero-order valence-corrected chi connectivity index (χ0v) is 15.4. The zero-order valence-electron chi connectivity index (χ0n) is 14.6. The lowest BCUT2D eigenvalue weighted by molar-refractivity contribution is 0.846. The number of hydrogen-bond acceptors (Lipinski definition) is 2. The second-order valence-electron chi connectivity index (χ2n) is 6.57. The van der Waals surface area contributed by atoms with Gasteiger partial charge in [-0.05, 0) is 45.0 Å². The van der Waals surface area contributed by atoms with Crippen LogP contribution in [0, 0.1) is 20.8 Å². The van der Waals surface area contributed by atoms with Crippen molar-refractivity contribution in [1.82, 2.24) is 9.13 Å². The molecular formula is C20H20N2OS. The minimum Gasteiger partial charge on any atom is -0.330 e. The van der Waals surface area contributed by atoms with Crippen LogP contribution in [0.3, 0.4) is 0 Å². The Bertz CT molecular complexity index is 1170. The molecule has 4 rings (SSSR count). The Balaban J connectivity index is 2.20. The van der Waals surface area contributed by atoms with Crippen molar-refractivity contribution < 1.29 is 0 Å². The van der Waals surface area contributed by atoms with Crippen LogP contribution in [0.25, 0.3) is 33.1 Å². The SMILES string of the molecule is Cc1ccc2c(c1)c1cc(-c3cc(C)sc3C)c(=O)n(C)c1n2C. The van der Waals surface area contributed by atoms with E-state index < -0.39 is 0 Å². The van der Waals surface area contributed by atoms with Crippen LogP contribution in [0.5, 0.6) is 0 Å². The summed E-state index contributed by atoms with van der Waals surface area (Å²) >= 11 is 1.74. The van der Waals surface area contributed by atoms with Crippen molar-refractivity contribution in [2.24, 2.45) is 14.1 Å². The van der Waals surface area contributed by atoms with Gasteiger partial charge < -0.3 is 4.57 Å². The molecule has 4 aromatic rings. The number of fused-ring (bicyclic) bond motifs is 3. The van der Waals surface area contributed by atoms with Crippen LogP contribution >= 0.6 is 11.3 Å². The van der Waals surface area contributed by atoms with Crippen LogP contribution in [0.15, 0.2) is 35.1 Å². The number of aryl methyl sites for hydroxylation is 5. The van der Waals surface area contributed by atoms with Gasteiger partial charge in [0.05, 0.1) is 5.52 Å². The van der Waals surface area contributed by atoms with Crippen molar-refractivity contribution in [3.63, 3.8) is 0 Å². The van der Waals surface area contributed by atoms with E-state index >= 15 is 0 Å². The van der Waals surface area contributed by atoms with Gasteiger partial charge in [0.25, 0.3) is 5.56 Å². The van der Waals surface area contributed by atoms with E-state index in [0.717, 1.165) is 27.7 Å². The highest BCUT2D eigenvalue weighted by atomic mass is 32.1. The summed E-state index contributed by atoms with van der Waals surface area (Å²) in [5.41, 5.74) is 5.26. The lowest BCUT2D eigenvalue weighted by Gasteiger charge is -2.08. The van der Waals surface area contributed by atoms with Gasteiger partial charge in [0.15, 0.2) is 0 Å². The largest absolute Gasteiger partial charge is 0.330 e. The first-order valence-corrected chi connectivity index (χ1v) is 8.86. The molecule has 0 aliphatic rings. The van der Waals surface area contributed by atoms with E-state index in [2.05, 4.69) is 55.7 Å². The number of thiophene rings is 1. The van der Waals surface area contributed by atoms with E-state index in [-0.39, 0.29) is 5.56 Å². The summed E-state index contributed by atoms with van der Waals surface area (Å²) in [6.07, 6.45) is 0. The molecule has 0 saturated carbocycles. The third kappa shape index (κ3) is 1.99. The molecule has 0 unspecified atom stereocenters. The average Bonchev–Trinajstić information content (AvgIpc) is 3.00. The van der Waals surface area contributed by atoms with Crippen molar-refractivity contribution in [1.29, 1.82) is 0 Å². The first-order valence-electron chi connectivity index (χ1n) is 8.04. The maximum absolute atomic E-state index is 13.0. The van der Waals surface area contributed by atoms with Gasteiger partial charge in [-0.25, -0.2) is 0 Å². The predicted octanol–water partition coefficient (Wildman–Crippen LogP) is 4.68. The Morgan fingerprint density at radius 2 is 1.62 bits per heavy atom.